The number of hydrogen-bond acceptors (Lipinski definition) is 4. The van der Waals surface area contributed by atoms with Gasteiger partial charge in [-0.05, 0) is 56.2 Å². The monoisotopic (exact) mass is 354 g/mol. The number of carbonyl (C=O) groups is 2. The van der Waals surface area contributed by atoms with E-state index in [9.17, 15) is 9.59 Å². The summed E-state index contributed by atoms with van der Waals surface area (Å²) in [6.45, 7) is 2.55. The van der Waals surface area contributed by atoms with E-state index < -0.39 is 0 Å². The molecule has 0 saturated carbocycles. The molecule has 0 bridgehead atoms. The third kappa shape index (κ3) is 5.07. The molecule has 1 fully saturated rings. The van der Waals surface area contributed by atoms with E-state index in [1.165, 1.54) is 0 Å². The van der Waals surface area contributed by atoms with Crippen LogP contribution in [0.4, 0.5) is 11.4 Å². The van der Waals surface area contributed by atoms with Crippen LogP contribution in [0.1, 0.15) is 18.4 Å². The molecule has 2 amide bonds. The lowest BCUT2D eigenvalue weighted by atomic mass is 10.2. The van der Waals surface area contributed by atoms with Gasteiger partial charge in [0.25, 0.3) is 11.8 Å². The van der Waals surface area contributed by atoms with Gasteiger partial charge in [-0.25, -0.2) is 0 Å². The van der Waals surface area contributed by atoms with Crippen molar-refractivity contribution in [2.75, 3.05) is 23.8 Å². The third-order valence-corrected chi connectivity index (χ3v) is 4.05. The van der Waals surface area contributed by atoms with Gasteiger partial charge >= 0.3 is 0 Å². The Morgan fingerprint density at radius 2 is 1.69 bits per heavy atom. The van der Waals surface area contributed by atoms with Crippen molar-refractivity contribution in [1.82, 2.24) is 0 Å². The number of anilines is 2. The van der Waals surface area contributed by atoms with Gasteiger partial charge in [0.1, 0.15) is 11.9 Å². The van der Waals surface area contributed by atoms with Crippen molar-refractivity contribution in [2.24, 2.45) is 0 Å². The summed E-state index contributed by atoms with van der Waals surface area (Å²) in [5.74, 6) is 0.269. The molecule has 1 heterocycles. The Bertz CT molecular complexity index is 750. The maximum atomic E-state index is 12.0. The van der Waals surface area contributed by atoms with Crippen LogP contribution in [0.3, 0.4) is 0 Å². The number of rotatable bonds is 6. The second kappa shape index (κ2) is 8.49. The fourth-order valence-electron chi connectivity index (χ4n) is 2.62. The Balaban J connectivity index is 1.46. The normalized spacial score (nSPS) is 16.1. The van der Waals surface area contributed by atoms with Crippen LogP contribution in [0.25, 0.3) is 0 Å². The molecule has 0 aromatic heterocycles. The quantitative estimate of drug-likeness (QED) is 0.836. The summed E-state index contributed by atoms with van der Waals surface area (Å²) in [6.07, 6.45) is 1.29. The summed E-state index contributed by atoms with van der Waals surface area (Å²) in [6, 6.07) is 14.5. The Hall–Kier alpha value is -2.86. The number of hydrogen-bond donors (Lipinski definition) is 2. The summed E-state index contributed by atoms with van der Waals surface area (Å²) in [5.41, 5.74) is 2.44. The van der Waals surface area contributed by atoms with Crippen LogP contribution < -0.4 is 15.4 Å². The van der Waals surface area contributed by atoms with E-state index in [0.717, 1.165) is 18.4 Å². The van der Waals surface area contributed by atoms with E-state index in [1.807, 2.05) is 31.2 Å². The van der Waals surface area contributed by atoms with Crippen molar-refractivity contribution >= 4 is 23.2 Å². The van der Waals surface area contributed by atoms with Crippen molar-refractivity contribution in [3.05, 3.63) is 54.1 Å². The van der Waals surface area contributed by atoms with E-state index in [1.54, 1.807) is 24.3 Å². The molecule has 0 spiro atoms. The van der Waals surface area contributed by atoms with Crippen molar-refractivity contribution in [3.63, 3.8) is 0 Å². The maximum Gasteiger partial charge on any atom is 0.262 e. The van der Waals surface area contributed by atoms with Crippen LogP contribution in [-0.4, -0.2) is 31.1 Å². The zero-order valence-electron chi connectivity index (χ0n) is 14.7. The largest absolute Gasteiger partial charge is 0.484 e. The first kappa shape index (κ1) is 17.9. The standard InChI is InChI=1S/C20H22N2O4/c1-14-4-10-17(11-5-14)26-13-19(23)21-15-6-8-16(9-7-15)22-20(24)18-3-2-12-25-18/h4-11,18H,2-3,12-13H2,1H3,(H,21,23)(H,22,24)/t18-/m1/s1. The van der Waals surface area contributed by atoms with Crippen LogP contribution in [0, 0.1) is 6.92 Å². The second-order valence-electron chi connectivity index (χ2n) is 6.22. The molecule has 0 aliphatic carbocycles. The summed E-state index contributed by atoms with van der Waals surface area (Å²) in [7, 11) is 0. The predicted octanol–water partition coefficient (Wildman–Crippen LogP) is 3.13. The van der Waals surface area contributed by atoms with E-state index in [-0.39, 0.29) is 24.5 Å². The van der Waals surface area contributed by atoms with Crippen LogP contribution >= 0.6 is 0 Å². The fourth-order valence-corrected chi connectivity index (χ4v) is 2.62. The topological polar surface area (TPSA) is 76.7 Å². The highest BCUT2D eigenvalue weighted by Crippen LogP contribution is 2.17. The van der Waals surface area contributed by atoms with Crippen LogP contribution in [0.5, 0.6) is 5.75 Å². The van der Waals surface area contributed by atoms with Crippen molar-refractivity contribution < 1.29 is 19.1 Å². The minimum atomic E-state index is -0.367. The first-order valence-electron chi connectivity index (χ1n) is 8.62. The number of aryl methyl sites for hydroxylation is 1. The van der Waals surface area contributed by atoms with Crippen molar-refractivity contribution in [1.29, 1.82) is 0 Å². The third-order valence-electron chi connectivity index (χ3n) is 4.05. The molecule has 26 heavy (non-hydrogen) atoms. The summed E-state index contributed by atoms with van der Waals surface area (Å²) in [4.78, 5) is 24.0. The minimum absolute atomic E-state index is 0.0689. The van der Waals surface area contributed by atoms with Gasteiger partial charge in [0.05, 0.1) is 0 Å². The molecule has 3 rings (SSSR count). The molecule has 136 valence electrons. The second-order valence-corrected chi connectivity index (χ2v) is 6.22. The van der Waals surface area contributed by atoms with Crippen molar-refractivity contribution in [3.8, 4) is 5.75 Å². The van der Waals surface area contributed by atoms with E-state index in [4.69, 9.17) is 9.47 Å². The summed E-state index contributed by atoms with van der Waals surface area (Å²) < 4.78 is 10.8. The lowest BCUT2D eigenvalue weighted by Crippen LogP contribution is -2.26. The Labute approximate surface area is 152 Å². The highest BCUT2D eigenvalue weighted by atomic mass is 16.5. The minimum Gasteiger partial charge on any atom is -0.484 e. The van der Waals surface area contributed by atoms with E-state index in [2.05, 4.69) is 10.6 Å². The van der Waals surface area contributed by atoms with E-state index >= 15 is 0 Å². The van der Waals surface area contributed by atoms with Gasteiger partial charge in [0, 0.05) is 18.0 Å². The molecule has 1 saturated heterocycles. The Kier molecular flexibility index (Phi) is 5.86. The van der Waals surface area contributed by atoms with Gasteiger partial charge in [-0.3, -0.25) is 9.59 Å². The first-order chi connectivity index (χ1) is 12.6. The number of amides is 2. The number of nitrogens with one attached hydrogen (secondary N) is 2. The van der Waals surface area contributed by atoms with Gasteiger partial charge in [-0.1, -0.05) is 17.7 Å². The lowest BCUT2D eigenvalue weighted by molar-refractivity contribution is -0.124. The maximum absolute atomic E-state index is 12.0. The molecule has 2 aromatic rings. The van der Waals surface area contributed by atoms with Gasteiger partial charge in [-0.15, -0.1) is 0 Å². The van der Waals surface area contributed by atoms with Crippen LogP contribution in [0.2, 0.25) is 0 Å². The average molecular weight is 354 g/mol. The first-order valence-corrected chi connectivity index (χ1v) is 8.62. The summed E-state index contributed by atoms with van der Waals surface area (Å²) >= 11 is 0. The lowest BCUT2D eigenvalue weighted by Gasteiger charge is -2.11. The number of carbonyl (C=O) groups excluding carboxylic acids is 2. The Morgan fingerprint density at radius 3 is 2.31 bits per heavy atom. The van der Waals surface area contributed by atoms with Crippen LogP contribution in [0.15, 0.2) is 48.5 Å². The molecule has 0 radical (unpaired) electrons. The fraction of sp³-hybridized carbons (Fsp3) is 0.300. The van der Waals surface area contributed by atoms with Gasteiger partial charge in [-0.2, -0.15) is 0 Å². The van der Waals surface area contributed by atoms with Gasteiger partial charge in [0.15, 0.2) is 6.61 Å². The zero-order chi connectivity index (χ0) is 18.4. The summed E-state index contributed by atoms with van der Waals surface area (Å²) in [5, 5.41) is 5.57. The molecule has 2 N–H and O–H groups in total. The molecular formula is C20H22N2O4. The highest BCUT2D eigenvalue weighted by molar-refractivity contribution is 5.95. The number of ether oxygens (including phenoxy) is 2. The SMILES string of the molecule is Cc1ccc(OCC(=O)Nc2ccc(NC(=O)[C@H]3CCCO3)cc2)cc1. The molecule has 6 nitrogen and oxygen atoms in total. The molecule has 1 aliphatic rings. The molecule has 1 atom stereocenters. The predicted molar refractivity (Wildman–Crippen MR) is 99.3 cm³/mol. The molecule has 1 aliphatic heterocycles. The zero-order valence-corrected chi connectivity index (χ0v) is 14.7. The van der Waals surface area contributed by atoms with Gasteiger partial charge in [0.2, 0.25) is 0 Å². The highest BCUT2D eigenvalue weighted by Gasteiger charge is 2.23. The molecule has 2 aromatic carbocycles. The molecular weight excluding hydrogens is 332 g/mol. The molecule has 0 unspecified atom stereocenters. The molecule has 6 heteroatoms. The number of benzene rings is 2. The van der Waals surface area contributed by atoms with Crippen molar-refractivity contribution in [2.45, 2.75) is 25.9 Å². The van der Waals surface area contributed by atoms with Gasteiger partial charge < -0.3 is 20.1 Å². The van der Waals surface area contributed by atoms with E-state index in [0.29, 0.717) is 23.7 Å². The average Bonchev–Trinajstić information content (AvgIpc) is 3.18. The Morgan fingerprint density at radius 1 is 1.04 bits per heavy atom. The van der Waals surface area contributed by atoms with Crippen LogP contribution in [-0.2, 0) is 14.3 Å². The smallest absolute Gasteiger partial charge is 0.262 e.